The number of nitrogens with zero attached hydrogens (tertiary/aromatic N) is 2. The molecule has 6 nitrogen and oxygen atoms in total. The van der Waals surface area contributed by atoms with Crippen molar-refractivity contribution in [1.82, 2.24) is 4.31 Å². The topological polar surface area (TPSA) is 98.5 Å². The first kappa shape index (κ1) is 15.9. The number of hydrogen-bond donors (Lipinski definition) is 1. The normalized spacial score (nSPS) is 11.7. The Morgan fingerprint density at radius 3 is 2.41 bits per heavy atom. The highest BCUT2D eigenvalue weighted by Gasteiger charge is 2.26. The van der Waals surface area contributed by atoms with Crippen molar-refractivity contribution >= 4 is 16.0 Å². The first-order chi connectivity index (χ1) is 7.81. The summed E-state index contributed by atoms with van der Waals surface area (Å²) < 4.78 is 24.7. The van der Waals surface area contributed by atoms with E-state index in [1.165, 1.54) is 0 Å². The monoisotopic (exact) mass is 262 g/mol. The Morgan fingerprint density at radius 2 is 2.00 bits per heavy atom. The smallest absolute Gasteiger partial charge is 0.318 e. The number of unbranched alkanes of at least 4 members (excludes halogenated alkanes) is 2. The summed E-state index contributed by atoms with van der Waals surface area (Å²) in [5, 5.41) is 17.0. The minimum atomic E-state index is -3.55. The minimum absolute atomic E-state index is 0.111. The fourth-order valence-corrected chi connectivity index (χ4v) is 3.09. The summed E-state index contributed by atoms with van der Waals surface area (Å²) in [5.41, 5.74) is 0. The van der Waals surface area contributed by atoms with Gasteiger partial charge in [0.15, 0.2) is 0 Å². The molecule has 0 atom stereocenters. The van der Waals surface area contributed by atoms with E-state index in [1.807, 2.05) is 6.07 Å². The lowest BCUT2D eigenvalue weighted by molar-refractivity contribution is -0.137. The number of sulfonamides is 1. The predicted octanol–water partition coefficient (Wildman–Crippen LogP) is 0.805. The van der Waals surface area contributed by atoms with Crippen LogP contribution in [0, 0.1) is 11.3 Å². The number of rotatable bonds is 8. The molecule has 0 bridgehead atoms. The second kappa shape index (κ2) is 7.25. The number of nitriles is 1. The van der Waals surface area contributed by atoms with Crippen LogP contribution in [0.3, 0.4) is 0 Å². The van der Waals surface area contributed by atoms with Crippen LogP contribution in [0.25, 0.3) is 0 Å². The van der Waals surface area contributed by atoms with Crippen LogP contribution >= 0.6 is 0 Å². The van der Waals surface area contributed by atoms with Crippen LogP contribution in [0.15, 0.2) is 0 Å². The standard InChI is InChI=1S/C10H18N2O4S/c1-9(2)12(8-10(13)14)17(15,16)7-5-3-4-6-11/h9H,3-5,7-8H2,1-2H3,(H,13,14). The summed E-state index contributed by atoms with van der Waals surface area (Å²) >= 11 is 0. The number of carboxylic acid groups (broad SMARTS) is 1. The summed E-state index contributed by atoms with van der Waals surface area (Å²) in [6.45, 7) is 2.75. The van der Waals surface area contributed by atoms with Crippen LogP contribution in [-0.2, 0) is 14.8 Å². The van der Waals surface area contributed by atoms with E-state index in [2.05, 4.69) is 0 Å². The van der Waals surface area contributed by atoms with Gasteiger partial charge in [0.2, 0.25) is 10.0 Å². The van der Waals surface area contributed by atoms with Gasteiger partial charge < -0.3 is 5.11 Å². The zero-order valence-corrected chi connectivity index (χ0v) is 10.9. The van der Waals surface area contributed by atoms with Gasteiger partial charge >= 0.3 is 5.97 Å². The van der Waals surface area contributed by atoms with Gasteiger partial charge in [0.25, 0.3) is 0 Å². The Bertz CT molecular complexity index is 384. The molecule has 0 aliphatic heterocycles. The lowest BCUT2D eigenvalue weighted by Crippen LogP contribution is -2.41. The number of carboxylic acids is 1. The van der Waals surface area contributed by atoms with Crippen LogP contribution in [0.5, 0.6) is 0 Å². The average Bonchev–Trinajstić information content (AvgIpc) is 2.20. The first-order valence-corrected chi connectivity index (χ1v) is 7.00. The van der Waals surface area contributed by atoms with E-state index >= 15 is 0 Å². The summed E-state index contributed by atoms with van der Waals surface area (Å²) in [5.74, 6) is -1.28. The van der Waals surface area contributed by atoms with Crippen molar-refractivity contribution in [1.29, 1.82) is 5.26 Å². The van der Waals surface area contributed by atoms with Crippen molar-refractivity contribution in [3.63, 3.8) is 0 Å². The molecule has 7 heteroatoms. The molecule has 98 valence electrons. The lowest BCUT2D eigenvalue weighted by Gasteiger charge is -2.23. The molecule has 0 fully saturated rings. The molecule has 0 aliphatic rings. The van der Waals surface area contributed by atoms with Crippen LogP contribution in [0.1, 0.15) is 33.1 Å². The third-order valence-electron chi connectivity index (χ3n) is 2.17. The number of carbonyl (C=O) groups is 1. The van der Waals surface area contributed by atoms with E-state index in [-0.39, 0.29) is 11.8 Å². The molecule has 0 aromatic carbocycles. The van der Waals surface area contributed by atoms with Gasteiger partial charge in [0.1, 0.15) is 6.54 Å². The maximum Gasteiger partial charge on any atom is 0.318 e. The fraction of sp³-hybridized carbons (Fsp3) is 0.800. The minimum Gasteiger partial charge on any atom is -0.480 e. The molecule has 0 heterocycles. The Balaban J connectivity index is 4.51. The summed E-state index contributed by atoms with van der Waals surface area (Å²) in [4.78, 5) is 10.6. The molecule has 0 radical (unpaired) electrons. The molecule has 0 aliphatic carbocycles. The molecule has 0 rings (SSSR count). The Labute approximate surface area is 102 Å². The Morgan fingerprint density at radius 1 is 1.41 bits per heavy atom. The maximum atomic E-state index is 11.9. The van der Waals surface area contributed by atoms with Crippen LogP contribution in [0.4, 0.5) is 0 Å². The SMILES string of the molecule is CC(C)N(CC(=O)O)S(=O)(=O)CCCCC#N. The van der Waals surface area contributed by atoms with E-state index in [0.29, 0.717) is 19.3 Å². The molecule has 0 amide bonds. The quantitative estimate of drug-likeness (QED) is 0.652. The molecular weight excluding hydrogens is 244 g/mol. The van der Waals surface area contributed by atoms with Crippen molar-refractivity contribution in [2.75, 3.05) is 12.3 Å². The maximum absolute atomic E-state index is 11.9. The number of hydrogen-bond acceptors (Lipinski definition) is 4. The van der Waals surface area contributed by atoms with Crippen LogP contribution in [-0.4, -0.2) is 42.1 Å². The molecular formula is C10H18N2O4S. The second-order valence-corrected chi connectivity index (χ2v) is 6.01. The van der Waals surface area contributed by atoms with E-state index in [1.54, 1.807) is 13.8 Å². The average molecular weight is 262 g/mol. The van der Waals surface area contributed by atoms with Gasteiger partial charge in [-0.25, -0.2) is 8.42 Å². The third kappa shape index (κ3) is 6.24. The third-order valence-corrected chi connectivity index (χ3v) is 4.24. The van der Waals surface area contributed by atoms with Gasteiger partial charge in [-0.3, -0.25) is 4.79 Å². The highest BCUT2D eigenvalue weighted by Crippen LogP contribution is 2.10. The van der Waals surface area contributed by atoms with Crippen LogP contribution < -0.4 is 0 Å². The fourth-order valence-electron chi connectivity index (χ4n) is 1.34. The van der Waals surface area contributed by atoms with Crippen LogP contribution in [0.2, 0.25) is 0 Å². The van der Waals surface area contributed by atoms with Crippen molar-refractivity contribution in [2.24, 2.45) is 0 Å². The number of aliphatic carboxylic acids is 1. The molecule has 0 aromatic heterocycles. The summed E-state index contributed by atoms with van der Waals surface area (Å²) in [6.07, 6.45) is 1.20. The van der Waals surface area contributed by atoms with Crippen molar-refractivity contribution in [2.45, 2.75) is 39.2 Å². The first-order valence-electron chi connectivity index (χ1n) is 5.39. The highest BCUT2D eigenvalue weighted by molar-refractivity contribution is 7.89. The Hall–Kier alpha value is -1.13. The van der Waals surface area contributed by atoms with Crippen molar-refractivity contribution in [3.8, 4) is 6.07 Å². The zero-order chi connectivity index (χ0) is 13.5. The van der Waals surface area contributed by atoms with E-state index in [9.17, 15) is 13.2 Å². The zero-order valence-electron chi connectivity index (χ0n) is 10.1. The molecule has 17 heavy (non-hydrogen) atoms. The highest BCUT2D eigenvalue weighted by atomic mass is 32.2. The molecule has 0 unspecified atom stereocenters. The molecule has 0 saturated heterocycles. The largest absolute Gasteiger partial charge is 0.480 e. The van der Waals surface area contributed by atoms with Gasteiger partial charge in [-0.15, -0.1) is 0 Å². The second-order valence-electron chi connectivity index (χ2n) is 3.96. The summed E-state index contributed by atoms with van der Waals surface area (Å²) in [7, 11) is -3.55. The lowest BCUT2D eigenvalue weighted by atomic mass is 10.3. The summed E-state index contributed by atoms with van der Waals surface area (Å²) in [6, 6.07) is 1.55. The van der Waals surface area contributed by atoms with Gasteiger partial charge in [0.05, 0.1) is 11.8 Å². The van der Waals surface area contributed by atoms with E-state index in [0.717, 1.165) is 4.31 Å². The van der Waals surface area contributed by atoms with E-state index < -0.39 is 22.5 Å². The van der Waals surface area contributed by atoms with Gasteiger partial charge in [0, 0.05) is 12.5 Å². The molecule has 1 N–H and O–H groups in total. The molecule has 0 aromatic rings. The predicted molar refractivity (Wildman–Crippen MR) is 62.7 cm³/mol. The van der Waals surface area contributed by atoms with Gasteiger partial charge in [-0.2, -0.15) is 9.57 Å². The molecule has 0 spiro atoms. The Kier molecular flexibility index (Phi) is 6.76. The van der Waals surface area contributed by atoms with Gasteiger partial charge in [-0.05, 0) is 26.7 Å². The van der Waals surface area contributed by atoms with Gasteiger partial charge in [-0.1, -0.05) is 0 Å². The van der Waals surface area contributed by atoms with Crippen molar-refractivity contribution in [3.05, 3.63) is 0 Å². The molecule has 0 saturated carbocycles. The van der Waals surface area contributed by atoms with Crippen molar-refractivity contribution < 1.29 is 18.3 Å². The van der Waals surface area contributed by atoms with E-state index in [4.69, 9.17) is 10.4 Å².